The van der Waals surface area contributed by atoms with Gasteiger partial charge in [0.15, 0.2) is 0 Å². The second kappa shape index (κ2) is 6.02. The van der Waals surface area contributed by atoms with Crippen molar-refractivity contribution in [3.63, 3.8) is 0 Å². The Bertz CT molecular complexity index is 311. The Morgan fingerprint density at radius 1 is 1.65 bits per heavy atom. The molecular weight excluding hydrogens is 216 g/mol. The average Bonchev–Trinajstić information content (AvgIpc) is 2.35. The van der Waals surface area contributed by atoms with E-state index < -0.39 is 5.92 Å². The number of rotatable bonds is 4. The van der Waals surface area contributed by atoms with Crippen LogP contribution >= 0.6 is 0 Å². The van der Waals surface area contributed by atoms with E-state index in [1.807, 2.05) is 13.8 Å². The van der Waals surface area contributed by atoms with Gasteiger partial charge in [0.05, 0.1) is 11.7 Å². The van der Waals surface area contributed by atoms with E-state index in [0.717, 1.165) is 25.8 Å². The molecule has 0 spiro atoms. The van der Waals surface area contributed by atoms with E-state index in [9.17, 15) is 4.79 Å². The van der Waals surface area contributed by atoms with Crippen LogP contribution in [0.2, 0.25) is 0 Å². The number of methoxy groups -OCH3 is 1. The monoisotopic (exact) mass is 238 g/mol. The molecule has 96 valence electrons. The topological polar surface area (TPSA) is 53.3 Å². The highest BCUT2D eigenvalue weighted by Gasteiger charge is 2.35. The predicted octanol–water partition coefficient (Wildman–Crippen LogP) is 1.95. The van der Waals surface area contributed by atoms with Gasteiger partial charge < -0.3 is 9.64 Å². The molecule has 0 radical (unpaired) electrons. The fourth-order valence-corrected chi connectivity index (χ4v) is 2.31. The Morgan fingerprint density at radius 2 is 2.35 bits per heavy atom. The quantitative estimate of drug-likeness (QED) is 0.752. The van der Waals surface area contributed by atoms with E-state index >= 15 is 0 Å². The minimum atomic E-state index is -0.487. The highest BCUT2D eigenvalue weighted by atomic mass is 16.5. The number of nitrogens with zero attached hydrogens (tertiary/aromatic N) is 2. The SMILES string of the molecule is CCCC(C#N)C(=O)N1CCCC(C)(OC)C1. The molecule has 0 bridgehead atoms. The van der Waals surface area contributed by atoms with Gasteiger partial charge in [-0.3, -0.25) is 4.79 Å². The molecule has 0 saturated carbocycles. The highest BCUT2D eigenvalue weighted by Crippen LogP contribution is 2.25. The first-order valence-electron chi connectivity index (χ1n) is 6.30. The summed E-state index contributed by atoms with van der Waals surface area (Å²) >= 11 is 0. The Hall–Kier alpha value is -1.08. The molecule has 0 aromatic carbocycles. The maximum Gasteiger partial charge on any atom is 0.240 e. The lowest BCUT2D eigenvalue weighted by atomic mass is 9.93. The molecule has 17 heavy (non-hydrogen) atoms. The summed E-state index contributed by atoms with van der Waals surface area (Å²) in [6, 6.07) is 2.11. The molecule has 0 aromatic rings. The van der Waals surface area contributed by atoms with Crippen LogP contribution in [0.5, 0.6) is 0 Å². The van der Waals surface area contributed by atoms with Crippen molar-refractivity contribution in [2.24, 2.45) is 5.92 Å². The molecule has 0 N–H and O–H groups in total. The van der Waals surface area contributed by atoms with Crippen LogP contribution in [-0.2, 0) is 9.53 Å². The maximum atomic E-state index is 12.2. The Labute approximate surface area is 104 Å². The number of ether oxygens (including phenoxy) is 1. The van der Waals surface area contributed by atoms with Crippen LogP contribution in [-0.4, -0.2) is 36.6 Å². The first-order chi connectivity index (χ1) is 8.06. The van der Waals surface area contributed by atoms with E-state index in [1.165, 1.54) is 0 Å². The minimum Gasteiger partial charge on any atom is -0.377 e. The van der Waals surface area contributed by atoms with Crippen LogP contribution in [0.25, 0.3) is 0 Å². The van der Waals surface area contributed by atoms with Crippen molar-refractivity contribution in [2.45, 2.75) is 45.1 Å². The van der Waals surface area contributed by atoms with Gasteiger partial charge in [-0.05, 0) is 26.2 Å². The zero-order chi connectivity index (χ0) is 12.9. The van der Waals surface area contributed by atoms with Gasteiger partial charge >= 0.3 is 0 Å². The number of amides is 1. The molecule has 1 fully saturated rings. The van der Waals surface area contributed by atoms with Gasteiger partial charge in [-0.2, -0.15) is 5.26 Å². The fourth-order valence-electron chi connectivity index (χ4n) is 2.31. The number of likely N-dealkylation sites (tertiary alicyclic amines) is 1. The van der Waals surface area contributed by atoms with Crippen molar-refractivity contribution in [1.29, 1.82) is 5.26 Å². The van der Waals surface area contributed by atoms with Gasteiger partial charge in [-0.15, -0.1) is 0 Å². The lowest BCUT2D eigenvalue weighted by molar-refractivity contribution is -0.141. The minimum absolute atomic E-state index is 0.0303. The van der Waals surface area contributed by atoms with Crippen molar-refractivity contribution in [2.75, 3.05) is 20.2 Å². The maximum absolute atomic E-state index is 12.2. The molecule has 0 aliphatic carbocycles. The normalized spacial score (nSPS) is 26.4. The molecule has 0 aromatic heterocycles. The van der Waals surface area contributed by atoms with E-state index in [2.05, 4.69) is 6.07 Å². The molecule has 4 heteroatoms. The van der Waals surface area contributed by atoms with Crippen molar-refractivity contribution in [3.05, 3.63) is 0 Å². The third kappa shape index (κ3) is 3.44. The second-order valence-corrected chi connectivity index (χ2v) is 4.99. The van der Waals surface area contributed by atoms with Gasteiger partial charge in [0, 0.05) is 20.2 Å². The lowest BCUT2D eigenvalue weighted by Gasteiger charge is -2.40. The first kappa shape index (κ1) is 14.0. The Balaban J connectivity index is 2.66. The molecule has 1 aliphatic rings. The summed E-state index contributed by atoms with van der Waals surface area (Å²) in [5, 5.41) is 9.02. The summed E-state index contributed by atoms with van der Waals surface area (Å²) in [7, 11) is 1.68. The summed E-state index contributed by atoms with van der Waals surface area (Å²) in [4.78, 5) is 14.0. The molecule has 2 unspecified atom stereocenters. The number of hydrogen-bond donors (Lipinski definition) is 0. The second-order valence-electron chi connectivity index (χ2n) is 4.99. The van der Waals surface area contributed by atoms with Crippen LogP contribution < -0.4 is 0 Å². The zero-order valence-electron chi connectivity index (χ0n) is 11.0. The van der Waals surface area contributed by atoms with E-state index in [0.29, 0.717) is 13.0 Å². The third-order valence-electron chi connectivity index (χ3n) is 3.49. The fraction of sp³-hybridized carbons (Fsp3) is 0.846. The van der Waals surface area contributed by atoms with E-state index in [-0.39, 0.29) is 11.5 Å². The standard InChI is InChI=1S/C13H22N2O2/c1-4-6-11(9-14)12(16)15-8-5-7-13(2,10-15)17-3/h11H,4-8,10H2,1-3H3. The molecule has 2 atom stereocenters. The Morgan fingerprint density at radius 3 is 2.88 bits per heavy atom. The number of hydrogen-bond acceptors (Lipinski definition) is 3. The molecule has 1 rings (SSSR count). The van der Waals surface area contributed by atoms with Gasteiger partial charge in [0.1, 0.15) is 5.92 Å². The largest absolute Gasteiger partial charge is 0.377 e. The van der Waals surface area contributed by atoms with E-state index in [4.69, 9.17) is 10.00 Å². The number of carbonyl (C=O) groups excluding carboxylic acids is 1. The molecule has 1 aliphatic heterocycles. The van der Waals surface area contributed by atoms with Crippen LogP contribution in [0.3, 0.4) is 0 Å². The van der Waals surface area contributed by atoms with Gasteiger partial charge in [0.25, 0.3) is 0 Å². The summed E-state index contributed by atoms with van der Waals surface area (Å²) in [6.07, 6.45) is 3.42. The van der Waals surface area contributed by atoms with Gasteiger partial charge in [-0.1, -0.05) is 13.3 Å². The van der Waals surface area contributed by atoms with Gasteiger partial charge in [-0.25, -0.2) is 0 Å². The molecule has 1 heterocycles. The smallest absolute Gasteiger partial charge is 0.240 e. The van der Waals surface area contributed by atoms with Crippen molar-refractivity contribution < 1.29 is 9.53 Å². The summed E-state index contributed by atoms with van der Waals surface area (Å²) < 4.78 is 5.46. The van der Waals surface area contributed by atoms with Crippen LogP contribution in [0.15, 0.2) is 0 Å². The van der Waals surface area contributed by atoms with Crippen LogP contribution in [0.1, 0.15) is 39.5 Å². The van der Waals surface area contributed by atoms with Crippen molar-refractivity contribution in [1.82, 2.24) is 4.90 Å². The number of carbonyl (C=O) groups is 1. The zero-order valence-corrected chi connectivity index (χ0v) is 11.0. The molecular formula is C13H22N2O2. The van der Waals surface area contributed by atoms with Crippen LogP contribution in [0, 0.1) is 17.2 Å². The average molecular weight is 238 g/mol. The third-order valence-corrected chi connectivity index (χ3v) is 3.49. The van der Waals surface area contributed by atoms with E-state index in [1.54, 1.807) is 12.0 Å². The summed E-state index contributed by atoms with van der Waals surface area (Å²) in [5.41, 5.74) is -0.250. The van der Waals surface area contributed by atoms with Gasteiger partial charge in [0.2, 0.25) is 5.91 Å². The summed E-state index contributed by atoms with van der Waals surface area (Å²) in [6.45, 7) is 5.37. The van der Waals surface area contributed by atoms with Crippen molar-refractivity contribution in [3.8, 4) is 6.07 Å². The summed E-state index contributed by atoms with van der Waals surface area (Å²) in [5.74, 6) is -0.517. The predicted molar refractivity (Wildman–Crippen MR) is 65.2 cm³/mol. The first-order valence-corrected chi connectivity index (χ1v) is 6.30. The molecule has 1 amide bonds. The lowest BCUT2D eigenvalue weighted by Crippen LogP contribution is -2.51. The highest BCUT2D eigenvalue weighted by molar-refractivity contribution is 5.81. The van der Waals surface area contributed by atoms with Crippen molar-refractivity contribution >= 4 is 5.91 Å². The number of nitriles is 1. The molecule has 1 saturated heterocycles. The number of piperidine rings is 1. The molecule has 4 nitrogen and oxygen atoms in total. The Kier molecular flexibility index (Phi) is 4.95. The van der Waals surface area contributed by atoms with Crippen LogP contribution in [0.4, 0.5) is 0 Å².